The molecule has 1 unspecified atom stereocenters. The van der Waals surface area contributed by atoms with Crippen molar-refractivity contribution >= 4 is 30.1 Å². The van der Waals surface area contributed by atoms with E-state index in [0.29, 0.717) is 6.41 Å². The Hall–Kier alpha value is -1.24. The second kappa shape index (κ2) is 7.98. The molecular weight excluding hydrogens is 234 g/mol. The van der Waals surface area contributed by atoms with Crippen molar-refractivity contribution in [3.8, 4) is 0 Å². The molecule has 1 amide bonds. The van der Waals surface area contributed by atoms with Crippen LogP contribution in [0.15, 0.2) is 0 Å². The summed E-state index contributed by atoms with van der Waals surface area (Å²) in [5, 5.41) is 10.8. The highest BCUT2D eigenvalue weighted by molar-refractivity contribution is 8.00. The third-order valence-corrected chi connectivity index (χ3v) is 2.45. The monoisotopic (exact) mass is 249 g/mol. The molecule has 16 heavy (non-hydrogen) atoms. The van der Waals surface area contributed by atoms with E-state index >= 15 is 0 Å². The van der Waals surface area contributed by atoms with E-state index in [-0.39, 0.29) is 17.6 Å². The maximum Gasteiger partial charge on any atom is 0.327 e. The zero-order chi connectivity index (χ0) is 12.6. The van der Waals surface area contributed by atoms with Gasteiger partial charge in [0.15, 0.2) is 0 Å². The Labute approximate surface area is 97.7 Å². The van der Waals surface area contributed by atoms with Gasteiger partial charge in [0.05, 0.1) is 11.9 Å². The Morgan fingerprint density at radius 1 is 1.50 bits per heavy atom. The minimum Gasteiger partial charge on any atom is -0.480 e. The predicted octanol–water partition coefficient (Wildman–Crippen LogP) is -0.130. The smallest absolute Gasteiger partial charge is 0.327 e. The van der Waals surface area contributed by atoms with Crippen molar-refractivity contribution in [2.45, 2.75) is 26.0 Å². The Balaban J connectivity index is 3.81. The second-order valence-electron chi connectivity index (χ2n) is 3.23. The molecule has 1 atom stereocenters. The lowest BCUT2D eigenvalue weighted by atomic mass is 10.3. The summed E-state index contributed by atoms with van der Waals surface area (Å²) >= 11 is 1.10. The van der Waals surface area contributed by atoms with Crippen LogP contribution < -0.4 is 5.32 Å². The van der Waals surface area contributed by atoms with Crippen LogP contribution in [0.2, 0.25) is 0 Å². The van der Waals surface area contributed by atoms with Gasteiger partial charge >= 0.3 is 11.9 Å². The van der Waals surface area contributed by atoms with E-state index in [4.69, 9.17) is 9.84 Å². The molecule has 7 heteroatoms. The maximum absolute atomic E-state index is 11.1. The number of carboxylic acids is 1. The van der Waals surface area contributed by atoms with Crippen LogP contribution in [0.25, 0.3) is 0 Å². The van der Waals surface area contributed by atoms with Crippen LogP contribution in [0.4, 0.5) is 0 Å². The van der Waals surface area contributed by atoms with Gasteiger partial charge in [-0.25, -0.2) is 4.79 Å². The van der Waals surface area contributed by atoms with Gasteiger partial charge in [-0.3, -0.25) is 9.59 Å². The van der Waals surface area contributed by atoms with Gasteiger partial charge in [-0.2, -0.15) is 0 Å². The number of hydrogen-bond acceptors (Lipinski definition) is 5. The zero-order valence-electron chi connectivity index (χ0n) is 9.13. The number of carboxylic acid groups (broad SMARTS) is 1. The molecule has 0 aliphatic rings. The van der Waals surface area contributed by atoms with E-state index in [9.17, 15) is 14.4 Å². The molecule has 0 bridgehead atoms. The summed E-state index contributed by atoms with van der Waals surface area (Å²) < 4.78 is 4.86. The molecule has 0 aliphatic carbocycles. The van der Waals surface area contributed by atoms with E-state index in [1.54, 1.807) is 13.8 Å². The van der Waals surface area contributed by atoms with Gasteiger partial charge in [0, 0.05) is 5.75 Å². The topological polar surface area (TPSA) is 92.7 Å². The van der Waals surface area contributed by atoms with Crippen LogP contribution in [0, 0.1) is 0 Å². The van der Waals surface area contributed by atoms with Crippen LogP contribution in [0.3, 0.4) is 0 Å². The Bertz CT molecular complexity index is 256. The molecule has 0 saturated heterocycles. The second-order valence-corrected chi connectivity index (χ2v) is 4.26. The number of nitrogens with one attached hydrogen (secondary N) is 1. The predicted molar refractivity (Wildman–Crippen MR) is 59.2 cm³/mol. The Morgan fingerprint density at radius 3 is 2.56 bits per heavy atom. The molecule has 92 valence electrons. The van der Waals surface area contributed by atoms with Gasteiger partial charge in [0.1, 0.15) is 6.04 Å². The van der Waals surface area contributed by atoms with Gasteiger partial charge in [-0.15, -0.1) is 11.8 Å². The number of amides is 1. The summed E-state index contributed by atoms with van der Waals surface area (Å²) in [5.74, 6) is -1.32. The highest BCUT2D eigenvalue weighted by atomic mass is 32.2. The fourth-order valence-electron chi connectivity index (χ4n) is 0.830. The Kier molecular flexibility index (Phi) is 7.36. The number of carbonyl (C=O) groups excluding carboxylic acids is 2. The van der Waals surface area contributed by atoms with Crippen molar-refractivity contribution in [2.24, 2.45) is 0 Å². The lowest BCUT2D eigenvalue weighted by Crippen LogP contribution is -2.38. The molecule has 0 aromatic carbocycles. The standard InChI is InChI=1S/C9H15NO5S/c1-6(2)15-8(12)4-16-3-7(9(13)14)10-5-11/h5-7H,3-4H2,1-2H3,(H,10,11)(H,13,14). The minimum absolute atomic E-state index is 0.0719. The largest absolute Gasteiger partial charge is 0.480 e. The van der Waals surface area contributed by atoms with Crippen LogP contribution in [0.1, 0.15) is 13.8 Å². The summed E-state index contributed by atoms with van der Waals surface area (Å²) in [6.07, 6.45) is 0.141. The molecular formula is C9H15NO5S. The third-order valence-electron chi connectivity index (χ3n) is 1.44. The van der Waals surface area contributed by atoms with Crippen molar-refractivity contribution in [3.63, 3.8) is 0 Å². The zero-order valence-corrected chi connectivity index (χ0v) is 9.95. The molecule has 0 fully saturated rings. The molecule has 0 rings (SSSR count). The third kappa shape index (κ3) is 7.10. The molecule has 0 saturated carbocycles. The summed E-state index contributed by atoms with van der Waals surface area (Å²) in [4.78, 5) is 31.8. The van der Waals surface area contributed by atoms with Crippen molar-refractivity contribution in [2.75, 3.05) is 11.5 Å². The van der Waals surface area contributed by atoms with Crippen molar-refractivity contribution in [3.05, 3.63) is 0 Å². The minimum atomic E-state index is -1.13. The average Bonchev–Trinajstić information content (AvgIpc) is 2.15. The first-order chi connectivity index (χ1) is 7.47. The number of ether oxygens (including phenoxy) is 1. The lowest BCUT2D eigenvalue weighted by Gasteiger charge is -2.11. The highest BCUT2D eigenvalue weighted by Gasteiger charge is 2.17. The van der Waals surface area contributed by atoms with E-state index in [2.05, 4.69) is 5.32 Å². The molecule has 0 radical (unpaired) electrons. The molecule has 0 aromatic rings. The van der Waals surface area contributed by atoms with E-state index in [1.807, 2.05) is 0 Å². The first-order valence-corrected chi connectivity index (χ1v) is 5.82. The number of hydrogen-bond donors (Lipinski definition) is 2. The van der Waals surface area contributed by atoms with Crippen molar-refractivity contribution in [1.29, 1.82) is 0 Å². The fraction of sp³-hybridized carbons (Fsp3) is 0.667. The maximum atomic E-state index is 11.1. The van der Waals surface area contributed by atoms with Crippen LogP contribution in [-0.2, 0) is 19.1 Å². The number of carbonyl (C=O) groups is 3. The van der Waals surface area contributed by atoms with Crippen molar-refractivity contribution in [1.82, 2.24) is 5.32 Å². The van der Waals surface area contributed by atoms with Crippen LogP contribution in [0.5, 0.6) is 0 Å². The molecule has 2 N–H and O–H groups in total. The average molecular weight is 249 g/mol. The molecule has 6 nitrogen and oxygen atoms in total. The van der Waals surface area contributed by atoms with E-state index in [0.717, 1.165) is 11.8 Å². The number of rotatable bonds is 8. The number of aliphatic carboxylic acids is 1. The summed E-state index contributed by atoms with van der Waals surface area (Å²) in [6, 6.07) is -0.977. The number of esters is 1. The van der Waals surface area contributed by atoms with Crippen LogP contribution in [-0.4, -0.2) is 47.1 Å². The summed E-state index contributed by atoms with van der Waals surface area (Å²) in [7, 11) is 0. The van der Waals surface area contributed by atoms with E-state index < -0.39 is 18.0 Å². The van der Waals surface area contributed by atoms with Gasteiger partial charge < -0.3 is 15.2 Å². The van der Waals surface area contributed by atoms with Crippen molar-refractivity contribution < 1.29 is 24.2 Å². The van der Waals surface area contributed by atoms with E-state index in [1.165, 1.54) is 0 Å². The SMILES string of the molecule is CC(C)OC(=O)CSCC(NC=O)C(=O)O. The molecule has 0 spiro atoms. The lowest BCUT2D eigenvalue weighted by molar-refractivity contribution is -0.144. The molecule has 0 aromatic heterocycles. The summed E-state index contributed by atoms with van der Waals surface area (Å²) in [5.41, 5.74) is 0. The molecule has 0 aliphatic heterocycles. The first-order valence-electron chi connectivity index (χ1n) is 4.67. The van der Waals surface area contributed by atoms with Gasteiger partial charge in [0.25, 0.3) is 0 Å². The quantitative estimate of drug-likeness (QED) is 0.460. The van der Waals surface area contributed by atoms with Crippen LogP contribution >= 0.6 is 11.8 Å². The highest BCUT2D eigenvalue weighted by Crippen LogP contribution is 2.05. The fourth-order valence-corrected chi connectivity index (χ4v) is 1.66. The Morgan fingerprint density at radius 2 is 2.12 bits per heavy atom. The van der Waals surface area contributed by atoms with Gasteiger partial charge in [0.2, 0.25) is 6.41 Å². The number of thioether (sulfide) groups is 1. The normalized spacial score (nSPS) is 11.9. The van der Waals surface area contributed by atoms with Gasteiger partial charge in [-0.1, -0.05) is 0 Å². The summed E-state index contributed by atoms with van der Waals surface area (Å²) in [6.45, 7) is 3.47. The molecule has 0 heterocycles. The first kappa shape index (κ1) is 14.8. The van der Waals surface area contributed by atoms with Gasteiger partial charge in [-0.05, 0) is 13.8 Å².